The molecule has 0 amide bonds. The van der Waals surface area contributed by atoms with E-state index in [9.17, 15) is 5.11 Å². The van der Waals surface area contributed by atoms with Crippen LogP contribution in [0.5, 0.6) is 0 Å². The van der Waals surface area contributed by atoms with Gasteiger partial charge < -0.3 is 14.7 Å². The Labute approximate surface area is 112 Å². The van der Waals surface area contributed by atoms with E-state index < -0.39 is 0 Å². The summed E-state index contributed by atoms with van der Waals surface area (Å²) in [5.74, 6) is 0.423. The molecule has 2 aliphatic rings. The van der Waals surface area contributed by atoms with Gasteiger partial charge in [0, 0.05) is 19.2 Å². The van der Waals surface area contributed by atoms with Crippen LogP contribution >= 0.6 is 0 Å². The fraction of sp³-hybridized carbons (Fsp3) is 1.00. The second-order valence-corrected chi connectivity index (χ2v) is 6.96. The van der Waals surface area contributed by atoms with E-state index in [1.54, 1.807) is 0 Å². The third kappa shape index (κ3) is 2.89. The van der Waals surface area contributed by atoms with Crippen LogP contribution in [0.2, 0.25) is 0 Å². The molecule has 4 atom stereocenters. The summed E-state index contributed by atoms with van der Waals surface area (Å²) in [6, 6.07) is 0.530. The Hall–Kier alpha value is -0.120. The topological polar surface area (TPSA) is 32.7 Å². The van der Waals surface area contributed by atoms with Crippen LogP contribution in [0.3, 0.4) is 0 Å². The first-order chi connectivity index (χ1) is 8.42. The highest BCUT2D eigenvalue weighted by Crippen LogP contribution is 2.39. The van der Waals surface area contributed by atoms with Gasteiger partial charge in [0.25, 0.3) is 0 Å². The predicted molar refractivity (Wildman–Crippen MR) is 73.6 cm³/mol. The third-order valence-corrected chi connectivity index (χ3v) is 5.07. The number of hydrogen-bond acceptors (Lipinski definition) is 3. The molecule has 0 spiro atoms. The normalized spacial score (nSPS) is 40.3. The first kappa shape index (κ1) is 14.3. The molecule has 1 N–H and O–H groups in total. The summed E-state index contributed by atoms with van der Waals surface area (Å²) < 4.78 is 5.64. The van der Waals surface area contributed by atoms with Crippen LogP contribution in [0.1, 0.15) is 46.5 Å². The zero-order chi connectivity index (χ0) is 13.3. The van der Waals surface area contributed by atoms with Crippen molar-refractivity contribution in [2.24, 2.45) is 11.3 Å². The van der Waals surface area contributed by atoms with Crippen molar-refractivity contribution >= 4 is 0 Å². The summed E-state index contributed by atoms with van der Waals surface area (Å²) in [4.78, 5) is 2.41. The molecule has 0 radical (unpaired) electrons. The number of rotatable bonds is 3. The fourth-order valence-electron chi connectivity index (χ4n) is 3.76. The zero-order valence-corrected chi connectivity index (χ0v) is 12.4. The van der Waals surface area contributed by atoms with Gasteiger partial charge in [-0.1, -0.05) is 20.3 Å². The summed E-state index contributed by atoms with van der Waals surface area (Å²) in [5.41, 5.74) is 0.0849. The van der Waals surface area contributed by atoms with Crippen LogP contribution in [0.15, 0.2) is 0 Å². The van der Waals surface area contributed by atoms with Crippen LogP contribution in [0.4, 0.5) is 0 Å². The van der Waals surface area contributed by atoms with Crippen LogP contribution in [-0.2, 0) is 4.74 Å². The molecule has 3 nitrogen and oxygen atoms in total. The van der Waals surface area contributed by atoms with Crippen LogP contribution in [0, 0.1) is 11.3 Å². The standard InChI is InChI=1S/C15H29NO2/c1-11-13(7-9-18-11)16(4)10-12-6-5-8-15(2,3)14(12)17/h11-14,17H,5-10H2,1-4H3. The highest BCUT2D eigenvalue weighted by atomic mass is 16.5. The number of likely N-dealkylation sites (N-methyl/N-ethyl adjacent to an activating group) is 1. The largest absolute Gasteiger partial charge is 0.392 e. The SMILES string of the molecule is CC1OCCC1N(C)CC1CCCC(C)(C)C1O. The number of aliphatic hydroxyl groups excluding tert-OH is 1. The van der Waals surface area contributed by atoms with Crippen LogP contribution in [-0.4, -0.2) is 48.5 Å². The maximum atomic E-state index is 10.5. The maximum Gasteiger partial charge on any atom is 0.0702 e. The van der Waals surface area contributed by atoms with E-state index in [0.29, 0.717) is 18.1 Å². The van der Waals surface area contributed by atoms with Gasteiger partial charge in [0.1, 0.15) is 0 Å². The summed E-state index contributed by atoms with van der Waals surface area (Å²) in [5, 5.41) is 10.5. The number of ether oxygens (including phenoxy) is 1. The molecule has 3 heteroatoms. The van der Waals surface area contributed by atoms with Crippen molar-refractivity contribution in [2.45, 2.75) is 64.7 Å². The summed E-state index contributed by atoms with van der Waals surface area (Å²) in [6.07, 6.45) is 4.87. The Balaban J connectivity index is 1.92. The lowest BCUT2D eigenvalue weighted by Crippen LogP contribution is -2.47. The second kappa shape index (κ2) is 5.48. The minimum atomic E-state index is -0.161. The van der Waals surface area contributed by atoms with E-state index in [1.165, 1.54) is 6.42 Å². The lowest BCUT2D eigenvalue weighted by Gasteiger charge is -2.43. The van der Waals surface area contributed by atoms with Crippen molar-refractivity contribution in [1.82, 2.24) is 4.90 Å². The first-order valence-corrected chi connectivity index (χ1v) is 7.42. The predicted octanol–water partition coefficient (Wildman–Crippen LogP) is 2.28. The molecule has 1 aliphatic heterocycles. The molecule has 4 unspecified atom stereocenters. The van der Waals surface area contributed by atoms with Crippen LogP contribution < -0.4 is 0 Å². The summed E-state index contributed by atoms with van der Waals surface area (Å²) in [7, 11) is 2.18. The van der Waals surface area contributed by atoms with Crippen molar-refractivity contribution in [3.8, 4) is 0 Å². The average molecular weight is 255 g/mol. The fourth-order valence-corrected chi connectivity index (χ4v) is 3.76. The number of aliphatic hydroxyl groups is 1. The van der Waals surface area contributed by atoms with E-state index >= 15 is 0 Å². The van der Waals surface area contributed by atoms with Crippen molar-refractivity contribution in [1.29, 1.82) is 0 Å². The molecule has 0 aromatic carbocycles. The van der Waals surface area contributed by atoms with Crippen LogP contribution in [0.25, 0.3) is 0 Å². The maximum absolute atomic E-state index is 10.5. The Bertz CT molecular complexity index is 280. The summed E-state index contributed by atoms with van der Waals surface area (Å²) >= 11 is 0. The minimum Gasteiger partial charge on any atom is -0.392 e. The van der Waals surface area contributed by atoms with E-state index in [-0.39, 0.29) is 11.5 Å². The Morgan fingerprint density at radius 2 is 2.06 bits per heavy atom. The molecule has 1 aliphatic carbocycles. The number of hydrogen-bond donors (Lipinski definition) is 1. The molecule has 0 aromatic heterocycles. The molecule has 1 heterocycles. The summed E-state index contributed by atoms with van der Waals surface area (Å²) in [6.45, 7) is 8.45. The lowest BCUT2D eigenvalue weighted by atomic mass is 9.69. The molecule has 0 bridgehead atoms. The van der Waals surface area contributed by atoms with Gasteiger partial charge >= 0.3 is 0 Å². The van der Waals surface area contributed by atoms with Crippen molar-refractivity contribution < 1.29 is 9.84 Å². The van der Waals surface area contributed by atoms with E-state index in [4.69, 9.17) is 4.74 Å². The Kier molecular flexibility index (Phi) is 4.35. The van der Waals surface area contributed by atoms with Gasteiger partial charge in [0.05, 0.1) is 12.2 Å². The Morgan fingerprint density at radius 3 is 2.67 bits per heavy atom. The monoisotopic (exact) mass is 255 g/mol. The van der Waals surface area contributed by atoms with Crippen molar-refractivity contribution in [2.75, 3.05) is 20.2 Å². The quantitative estimate of drug-likeness (QED) is 0.840. The van der Waals surface area contributed by atoms with Crippen molar-refractivity contribution in [3.63, 3.8) is 0 Å². The molecule has 2 fully saturated rings. The first-order valence-electron chi connectivity index (χ1n) is 7.42. The van der Waals surface area contributed by atoms with Gasteiger partial charge in [-0.2, -0.15) is 0 Å². The molecular formula is C15H29NO2. The van der Waals surface area contributed by atoms with Gasteiger partial charge in [0.15, 0.2) is 0 Å². The van der Waals surface area contributed by atoms with Gasteiger partial charge in [-0.25, -0.2) is 0 Å². The molecule has 1 saturated heterocycles. The average Bonchev–Trinajstić information content (AvgIpc) is 2.71. The van der Waals surface area contributed by atoms with Crippen molar-refractivity contribution in [3.05, 3.63) is 0 Å². The van der Waals surface area contributed by atoms with E-state index in [0.717, 1.165) is 32.4 Å². The van der Waals surface area contributed by atoms with E-state index in [1.807, 2.05) is 0 Å². The highest BCUT2D eigenvalue weighted by Gasteiger charge is 2.39. The molecule has 18 heavy (non-hydrogen) atoms. The highest BCUT2D eigenvalue weighted by molar-refractivity contribution is 4.91. The second-order valence-electron chi connectivity index (χ2n) is 6.96. The van der Waals surface area contributed by atoms with E-state index in [2.05, 4.69) is 32.7 Å². The third-order valence-electron chi connectivity index (χ3n) is 5.07. The molecule has 1 saturated carbocycles. The van der Waals surface area contributed by atoms with Gasteiger partial charge in [-0.05, 0) is 44.6 Å². The number of nitrogens with zero attached hydrogens (tertiary/aromatic N) is 1. The van der Waals surface area contributed by atoms with Gasteiger partial charge in [-0.3, -0.25) is 0 Å². The Morgan fingerprint density at radius 1 is 1.33 bits per heavy atom. The van der Waals surface area contributed by atoms with Gasteiger partial charge in [-0.15, -0.1) is 0 Å². The zero-order valence-electron chi connectivity index (χ0n) is 12.4. The minimum absolute atomic E-state index is 0.0849. The molecule has 2 rings (SSSR count). The van der Waals surface area contributed by atoms with Gasteiger partial charge in [0.2, 0.25) is 0 Å². The molecule has 0 aromatic rings. The molecular weight excluding hydrogens is 226 g/mol. The smallest absolute Gasteiger partial charge is 0.0702 e. The lowest BCUT2D eigenvalue weighted by molar-refractivity contribution is -0.0465. The molecule has 106 valence electrons.